The molecule has 1 fully saturated rings. The highest BCUT2D eigenvalue weighted by atomic mass is 35.5. The van der Waals surface area contributed by atoms with Gasteiger partial charge in [-0.25, -0.2) is 0 Å². The van der Waals surface area contributed by atoms with Crippen LogP contribution in [0.2, 0.25) is 5.02 Å². The number of hydrogen-bond donors (Lipinski definition) is 2. The highest BCUT2D eigenvalue weighted by Crippen LogP contribution is 2.27. The third-order valence-corrected chi connectivity index (χ3v) is 4.55. The van der Waals surface area contributed by atoms with Crippen LogP contribution < -0.4 is 15.4 Å². The highest BCUT2D eigenvalue weighted by Gasteiger charge is 2.20. The van der Waals surface area contributed by atoms with E-state index in [2.05, 4.69) is 15.5 Å². The molecule has 0 spiro atoms. The molecule has 1 aromatic rings. The van der Waals surface area contributed by atoms with Crippen molar-refractivity contribution in [1.29, 1.82) is 0 Å². The fourth-order valence-electron chi connectivity index (χ4n) is 2.95. The van der Waals surface area contributed by atoms with E-state index >= 15 is 0 Å². The monoisotopic (exact) mass is 375 g/mol. The van der Waals surface area contributed by atoms with Gasteiger partial charge < -0.3 is 15.4 Å². The van der Waals surface area contributed by atoms with E-state index in [0.717, 1.165) is 38.4 Å². The number of piperidine rings is 1. The SMILES string of the molecule is CNCCC1CCN(CC(=O)Nc2cc(Cl)ccc2OC)CC1.Cl. The van der Waals surface area contributed by atoms with Crippen LogP contribution in [0.3, 0.4) is 0 Å². The molecule has 1 saturated heterocycles. The first-order chi connectivity index (χ1) is 11.1. The molecular formula is C17H27Cl2N3O2. The van der Waals surface area contributed by atoms with Crippen molar-refractivity contribution < 1.29 is 9.53 Å². The number of amides is 1. The molecule has 0 saturated carbocycles. The Morgan fingerprint density at radius 2 is 2.08 bits per heavy atom. The van der Waals surface area contributed by atoms with Gasteiger partial charge in [-0.15, -0.1) is 12.4 Å². The molecule has 0 aromatic heterocycles. The summed E-state index contributed by atoms with van der Waals surface area (Å²) >= 11 is 5.98. The lowest BCUT2D eigenvalue weighted by molar-refractivity contribution is -0.117. The number of nitrogens with zero attached hydrogens (tertiary/aromatic N) is 1. The third kappa shape index (κ3) is 6.48. The molecule has 7 heteroatoms. The Morgan fingerprint density at radius 1 is 1.38 bits per heavy atom. The van der Waals surface area contributed by atoms with Crippen molar-refractivity contribution in [3.05, 3.63) is 23.2 Å². The van der Waals surface area contributed by atoms with Crippen LogP contribution in [0.25, 0.3) is 0 Å². The molecule has 1 amide bonds. The van der Waals surface area contributed by atoms with Gasteiger partial charge in [0.05, 0.1) is 19.3 Å². The maximum atomic E-state index is 12.3. The molecule has 0 radical (unpaired) electrons. The van der Waals surface area contributed by atoms with Crippen molar-refractivity contribution in [3.63, 3.8) is 0 Å². The summed E-state index contributed by atoms with van der Waals surface area (Å²) in [4.78, 5) is 14.5. The van der Waals surface area contributed by atoms with Gasteiger partial charge in [0.25, 0.3) is 0 Å². The summed E-state index contributed by atoms with van der Waals surface area (Å²) in [5.74, 6) is 1.36. The van der Waals surface area contributed by atoms with E-state index < -0.39 is 0 Å². The number of anilines is 1. The van der Waals surface area contributed by atoms with Gasteiger partial charge in [0, 0.05) is 5.02 Å². The van der Waals surface area contributed by atoms with Gasteiger partial charge >= 0.3 is 0 Å². The maximum Gasteiger partial charge on any atom is 0.238 e. The zero-order valence-corrected chi connectivity index (χ0v) is 15.9. The Bertz CT molecular complexity index is 521. The summed E-state index contributed by atoms with van der Waals surface area (Å²) in [6.07, 6.45) is 3.54. The van der Waals surface area contributed by atoms with Crippen LogP contribution in [0.4, 0.5) is 5.69 Å². The number of methoxy groups -OCH3 is 1. The smallest absolute Gasteiger partial charge is 0.238 e. The van der Waals surface area contributed by atoms with Gasteiger partial charge in [-0.05, 0) is 70.1 Å². The lowest BCUT2D eigenvalue weighted by atomic mass is 9.93. The third-order valence-electron chi connectivity index (χ3n) is 4.31. The van der Waals surface area contributed by atoms with Crippen LogP contribution >= 0.6 is 24.0 Å². The van der Waals surface area contributed by atoms with Gasteiger partial charge in [-0.1, -0.05) is 11.6 Å². The van der Waals surface area contributed by atoms with E-state index in [-0.39, 0.29) is 18.3 Å². The molecule has 0 atom stereocenters. The standard InChI is InChI=1S/C17H26ClN3O2.ClH/c1-19-8-5-13-6-9-21(10-7-13)12-17(22)20-15-11-14(18)3-4-16(15)23-2;/h3-4,11,13,19H,5-10,12H2,1-2H3,(H,20,22);1H. The second-order valence-corrected chi connectivity index (χ2v) is 6.44. The van der Waals surface area contributed by atoms with Gasteiger partial charge in [-0.2, -0.15) is 0 Å². The molecule has 0 aliphatic carbocycles. The zero-order valence-electron chi connectivity index (χ0n) is 14.3. The molecule has 1 aromatic carbocycles. The van der Waals surface area contributed by atoms with Crippen LogP contribution in [-0.4, -0.2) is 51.1 Å². The van der Waals surface area contributed by atoms with E-state index in [1.165, 1.54) is 6.42 Å². The van der Waals surface area contributed by atoms with Crippen LogP contribution in [0.5, 0.6) is 5.75 Å². The fourth-order valence-corrected chi connectivity index (χ4v) is 3.12. The minimum atomic E-state index is -0.0285. The number of rotatable bonds is 7. The predicted octanol–water partition coefficient (Wildman–Crippen LogP) is 3.03. The Hall–Kier alpha value is -1.01. The quantitative estimate of drug-likeness (QED) is 0.768. The minimum absolute atomic E-state index is 0. The number of nitrogens with one attached hydrogen (secondary N) is 2. The van der Waals surface area contributed by atoms with Crippen molar-refractivity contribution in [2.45, 2.75) is 19.3 Å². The van der Waals surface area contributed by atoms with Crippen molar-refractivity contribution in [3.8, 4) is 5.75 Å². The van der Waals surface area contributed by atoms with Crippen LogP contribution in [0, 0.1) is 5.92 Å². The number of likely N-dealkylation sites (tertiary alicyclic amines) is 1. The van der Waals surface area contributed by atoms with Gasteiger partial charge in [0.2, 0.25) is 5.91 Å². The van der Waals surface area contributed by atoms with Crippen LogP contribution in [0.1, 0.15) is 19.3 Å². The lowest BCUT2D eigenvalue weighted by Crippen LogP contribution is -2.39. The molecule has 1 aliphatic rings. The second-order valence-electron chi connectivity index (χ2n) is 6.00. The number of hydrogen-bond acceptors (Lipinski definition) is 4. The second kappa shape index (κ2) is 10.8. The zero-order chi connectivity index (χ0) is 16.7. The van der Waals surface area contributed by atoms with E-state index in [9.17, 15) is 4.79 Å². The number of carbonyl (C=O) groups excluding carboxylic acids is 1. The largest absolute Gasteiger partial charge is 0.495 e. The Kier molecular flexibility index (Phi) is 9.44. The van der Waals surface area contributed by atoms with Crippen LogP contribution in [0.15, 0.2) is 18.2 Å². The molecule has 2 rings (SSSR count). The van der Waals surface area contributed by atoms with Gasteiger partial charge in [0.1, 0.15) is 5.75 Å². The molecule has 1 aliphatic heterocycles. The summed E-state index contributed by atoms with van der Waals surface area (Å²) < 4.78 is 5.25. The highest BCUT2D eigenvalue weighted by molar-refractivity contribution is 6.31. The Morgan fingerprint density at radius 3 is 2.71 bits per heavy atom. The van der Waals surface area contributed by atoms with E-state index in [4.69, 9.17) is 16.3 Å². The number of halogens is 2. The van der Waals surface area contributed by atoms with Gasteiger partial charge in [0.15, 0.2) is 0 Å². The topological polar surface area (TPSA) is 53.6 Å². The molecule has 2 N–H and O–H groups in total. The average molecular weight is 376 g/mol. The first-order valence-corrected chi connectivity index (χ1v) is 8.50. The van der Waals surface area contributed by atoms with E-state index in [0.29, 0.717) is 23.0 Å². The normalized spacial score (nSPS) is 15.6. The van der Waals surface area contributed by atoms with E-state index in [1.807, 2.05) is 7.05 Å². The minimum Gasteiger partial charge on any atom is -0.495 e. The maximum absolute atomic E-state index is 12.3. The molecule has 5 nitrogen and oxygen atoms in total. The molecule has 1 heterocycles. The van der Waals surface area contributed by atoms with Crippen molar-refractivity contribution in [1.82, 2.24) is 10.2 Å². The summed E-state index contributed by atoms with van der Waals surface area (Å²) in [5.41, 5.74) is 0.619. The Labute approximate surface area is 155 Å². The summed E-state index contributed by atoms with van der Waals surface area (Å²) in [7, 11) is 3.57. The molecular weight excluding hydrogens is 349 g/mol. The lowest BCUT2D eigenvalue weighted by Gasteiger charge is -2.31. The first kappa shape index (κ1) is 21.0. The summed E-state index contributed by atoms with van der Waals surface area (Å²) in [5, 5.41) is 6.67. The fraction of sp³-hybridized carbons (Fsp3) is 0.588. The molecule has 24 heavy (non-hydrogen) atoms. The number of ether oxygens (including phenoxy) is 1. The number of carbonyl (C=O) groups is 1. The molecule has 0 unspecified atom stereocenters. The summed E-state index contributed by atoms with van der Waals surface area (Å²) in [6.45, 7) is 3.44. The predicted molar refractivity (Wildman–Crippen MR) is 102 cm³/mol. The van der Waals surface area contributed by atoms with Crippen LogP contribution in [-0.2, 0) is 4.79 Å². The van der Waals surface area contributed by atoms with Crippen molar-refractivity contribution in [2.24, 2.45) is 5.92 Å². The summed E-state index contributed by atoms with van der Waals surface area (Å²) in [6, 6.07) is 5.21. The first-order valence-electron chi connectivity index (χ1n) is 8.12. The number of benzene rings is 1. The van der Waals surface area contributed by atoms with Gasteiger partial charge in [-0.3, -0.25) is 9.69 Å². The molecule has 0 bridgehead atoms. The van der Waals surface area contributed by atoms with E-state index in [1.54, 1.807) is 25.3 Å². The van der Waals surface area contributed by atoms with Crippen molar-refractivity contribution >= 4 is 35.6 Å². The Balaban J connectivity index is 0.00000288. The van der Waals surface area contributed by atoms with Crippen molar-refractivity contribution in [2.75, 3.05) is 45.7 Å². The molecule has 136 valence electrons. The average Bonchev–Trinajstić information content (AvgIpc) is 2.54.